The van der Waals surface area contributed by atoms with Gasteiger partial charge in [-0.25, -0.2) is 0 Å². The second-order valence-corrected chi connectivity index (χ2v) is 5.54. The van der Waals surface area contributed by atoms with E-state index in [0.29, 0.717) is 0 Å². The van der Waals surface area contributed by atoms with Crippen molar-refractivity contribution in [2.24, 2.45) is 5.73 Å². The van der Waals surface area contributed by atoms with Crippen LogP contribution in [0.15, 0.2) is 36.4 Å². The maximum absolute atomic E-state index is 6.20. The molecule has 0 radical (unpaired) electrons. The molecule has 106 valence electrons. The van der Waals surface area contributed by atoms with Gasteiger partial charge in [-0.15, -0.1) is 0 Å². The van der Waals surface area contributed by atoms with Crippen LogP contribution in [0.3, 0.4) is 0 Å². The quantitative estimate of drug-likeness (QED) is 0.898. The molecule has 0 amide bonds. The summed E-state index contributed by atoms with van der Waals surface area (Å²) in [6.45, 7) is 8.30. The van der Waals surface area contributed by atoms with Gasteiger partial charge in [-0.2, -0.15) is 0 Å². The van der Waals surface area contributed by atoms with E-state index in [2.05, 4.69) is 39.0 Å². The van der Waals surface area contributed by atoms with E-state index in [9.17, 15) is 0 Å². The normalized spacial score (nSPS) is 12.2. The van der Waals surface area contributed by atoms with E-state index in [-0.39, 0.29) is 6.04 Å². The molecule has 0 heterocycles. The molecule has 0 saturated heterocycles. The minimum atomic E-state index is 0.124. The molecule has 0 aliphatic rings. The van der Waals surface area contributed by atoms with Crippen LogP contribution in [0.2, 0.25) is 0 Å². The lowest BCUT2D eigenvalue weighted by molar-refractivity contribution is 0.466. The van der Waals surface area contributed by atoms with E-state index in [1.807, 2.05) is 25.1 Å². The third kappa shape index (κ3) is 3.20. The van der Waals surface area contributed by atoms with Crippen LogP contribution in [-0.4, -0.2) is 6.04 Å². The number of para-hydroxylation sites is 1. The molecule has 0 aliphatic heterocycles. The van der Waals surface area contributed by atoms with Gasteiger partial charge in [0.1, 0.15) is 11.5 Å². The third-order valence-electron chi connectivity index (χ3n) is 3.60. The summed E-state index contributed by atoms with van der Waals surface area (Å²) < 4.78 is 6.20. The summed E-state index contributed by atoms with van der Waals surface area (Å²) in [5, 5.41) is 0. The largest absolute Gasteiger partial charge is 0.457 e. The average molecular weight is 269 g/mol. The molecular weight excluding hydrogens is 246 g/mol. The number of aryl methyl sites for hydroxylation is 2. The topological polar surface area (TPSA) is 35.2 Å². The number of hydrogen-bond donors (Lipinski definition) is 1. The van der Waals surface area contributed by atoms with Crippen molar-refractivity contribution in [1.29, 1.82) is 0 Å². The summed E-state index contributed by atoms with van der Waals surface area (Å²) in [5.74, 6) is 1.86. The Hall–Kier alpha value is -1.80. The number of hydrogen-bond acceptors (Lipinski definition) is 2. The van der Waals surface area contributed by atoms with Crippen molar-refractivity contribution in [2.75, 3.05) is 0 Å². The molecule has 0 spiro atoms. The Kier molecular flexibility index (Phi) is 4.46. The van der Waals surface area contributed by atoms with E-state index in [1.54, 1.807) is 0 Å². The third-order valence-corrected chi connectivity index (χ3v) is 3.60. The molecule has 0 bridgehead atoms. The van der Waals surface area contributed by atoms with Crippen LogP contribution in [0.5, 0.6) is 11.5 Å². The molecule has 2 rings (SSSR count). The molecule has 0 aromatic heterocycles. The van der Waals surface area contributed by atoms with Gasteiger partial charge in [0.15, 0.2) is 0 Å². The SMILES string of the molecule is Cc1ccc(C)c(Oc2ccccc2CC(C)N)c1C. The Labute approximate surface area is 121 Å². The molecule has 0 fully saturated rings. The van der Waals surface area contributed by atoms with Crippen LogP contribution in [0.25, 0.3) is 0 Å². The first-order valence-electron chi connectivity index (χ1n) is 7.07. The fraction of sp³-hybridized carbons (Fsp3) is 0.333. The van der Waals surface area contributed by atoms with Crippen molar-refractivity contribution < 1.29 is 4.74 Å². The van der Waals surface area contributed by atoms with Gasteiger partial charge in [0.2, 0.25) is 0 Å². The maximum atomic E-state index is 6.20. The van der Waals surface area contributed by atoms with Crippen molar-refractivity contribution in [2.45, 2.75) is 40.2 Å². The van der Waals surface area contributed by atoms with Crippen molar-refractivity contribution in [1.82, 2.24) is 0 Å². The molecule has 1 atom stereocenters. The van der Waals surface area contributed by atoms with E-state index in [0.717, 1.165) is 29.0 Å². The van der Waals surface area contributed by atoms with Crippen molar-refractivity contribution in [3.63, 3.8) is 0 Å². The van der Waals surface area contributed by atoms with Crippen LogP contribution in [0.1, 0.15) is 29.2 Å². The van der Waals surface area contributed by atoms with Gasteiger partial charge in [0.05, 0.1) is 0 Å². The van der Waals surface area contributed by atoms with Gasteiger partial charge >= 0.3 is 0 Å². The lowest BCUT2D eigenvalue weighted by Gasteiger charge is -2.17. The smallest absolute Gasteiger partial charge is 0.133 e. The van der Waals surface area contributed by atoms with E-state index in [4.69, 9.17) is 10.5 Å². The highest BCUT2D eigenvalue weighted by Gasteiger charge is 2.11. The van der Waals surface area contributed by atoms with E-state index >= 15 is 0 Å². The zero-order chi connectivity index (χ0) is 14.7. The standard InChI is InChI=1S/C18H23NO/c1-12-9-10-13(2)18(15(12)4)20-17-8-6-5-7-16(17)11-14(3)19/h5-10,14H,11,19H2,1-4H3. The van der Waals surface area contributed by atoms with Crippen molar-refractivity contribution >= 4 is 0 Å². The molecule has 20 heavy (non-hydrogen) atoms. The molecular formula is C18H23NO. The second-order valence-electron chi connectivity index (χ2n) is 5.54. The minimum absolute atomic E-state index is 0.124. The lowest BCUT2D eigenvalue weighted by Crippen LogP contribution is -2.18. The van der Waals surface area contributed by atoms with Crippen LogP contribution < -0.4 is 10.5 Å². The Bertz CT molecular complexity index is 602. The van der Waals surface area contributed by atoms with Crippen molar-refractivity contribution in [3.8, 4) is 11.5 Å². The van der Waals surface area contributed by atoms with E-state index in [1.165, 1.54) is 11.1 Å². The van der Waals surface area contributed by atoms with Gasteiger partial charge < -0.3 is 10.5 Å². The summed E-state index contributed by atoms with van der Waals surface area (Å²) in [4.78, 5) is 0. The average Bonchev–Trinajstić information content (AvgIpc) is 2.40. The molecule has 2 N–H and O–H groups in total. The first-order chi connectivity index (χ1) is 9.49. The zero-order valence-electron chi connectivity index (χ0n) is 12.7. The summed E-state index contributed by atoms with van der Waals surface area (Å²) in [6.07, 6.45) is 0.820. The van der Waals surface area contributed by atoms with Crippen LogP contribution in [0, 0.1) is 20.8 Å². The van der Waals surface area contributed by atoms with Gasteiger partial charge in [0, 0.05) is 6.04 Å². The molecule has 2 heteroatoms. The Morgan fingerprint density at radius 3 is 2.35 bits per heavy atom. The molecule has 2 nitrogen and oxygen atoms in total. The van der Waals surface area contributed by atoms with Crippen LogP contribution in [-0.2, 0) is 6.42 Å². The van der Waals surface area contributed by atoms with Gasteiger partial charge in [-0.05, 0) is 62.4 Å². The zero-order valence-corrected chi connectivity index (χ0v) is 12.7. The van der Waals surface area contributed by atoms with Crippen LogP contribution in [0.4, 0.5) is 0 Å². The predicted octanol–water partition coefficient (Wildman–Crippen LogP) is 4.29. The first-order valence-corrected chi connectivity index (χ1v) is 7.07. The fourth-order valence-electron chi connectivity index (χ4n) is 2.31. The van der Waals surface area contributed by atoms with Crippen molar-refractivity contribution in [3.05, 3.63) is 58.7 Å². The predicted molar refractivity (Wildman–Crippen MR) is 84.5 cm³/mol. The van der Waals surface area contributed by atoms with Gasteiger partial charge in [-0.3, -0.25) is 0 Å². The maximum Gasteiger partial charge on any atom is 0.133 e. The Balaban J connectivity index is 2.38. The van der Waals surface area contributed by atoms with Gasteiger partial charge in [-0.1, -0.05) is 30.3 Å². The number of nitrogens with two attached hydrogens (primary N) is 1. The Morgan fingerprint density at radius 1 is 1.00 bits per heavy atom. The molecule has 2 aromatic carbocycles. The summed E-state index contributed by atoms with van der Waals surface area (Å²) in [5.41, 5.74) is 10.7. The Morgan fingerprint density at radius 2 is 1.65 bits per heavy atom. The molecule has 0 aliphatic carbocycles. The van der Waals surface area contributed by atoms with Crippen LogP contribution >= 0.6 is 0 Å². The summed E-state index contributed by atoms with van der Waals surface area (Å²) >= 11 is 0. The summed E-state index contributed by atoms with van der Waals surface area (Å²) in [6, 6.07) is 12.5. The number of benzene rings is 2. The minimum Gasteiger partial charge on any atom is -0.457 e. The highest BCUT2D eigenvalue weighted by Crippen LogP contribution is 2.32. The number of rotatable bonds is 4. The van der Waals surface area contributed by atoms with E-state index < -0.39 is 0 Å². The highest BCUT2D eigenvalue weighted by atomic mass is 16.5. The molecule has 2 aromatic rings. The first kappa shape index (κ1) is 14.6. The van der Waals surface area contributed by atoms with Gasteiger partial charge in [0.25, 0.3) is 0 Å². The highest BCUT2D eigenvalue weighted by molar-refractivity contribution is 5.48. The fourth-order valence-corrected chi connectivity index (χ4v) is 2.31. The number of ether oxygens (including phenoxy) is 1. The molecule has 1 unspecified atom stereocenters. The second kappa shape index (κ2) is 6.10. The monoisotopic (exact) mass is 269 g/mol. The summed E-state index contributed by atoms with van der Waals surface area (Å²) in [7, 11) is 0. The molecule has 0 saturated carbocycles. The lowest BCUT2D eigenvalue weighted by atomic mass is 10.0.